The predicted molar refractivity (Wildman–Crippen MR) is 187 cm³/mol. The number of fused-ring (bicyclic) bond motifs is 9. The summed E-state index contributed by atoms with van der Waals surface area (Å²) in [7, 11) is 2.26. The number of aryl methyl sites for hydroxylation is 3. The van der Waals surface area contributed by atoms with Gasteiger partial charge in [-0.15, -0.1) is 0 Å². The minimum Gasteiger partial charge on any atom is -0.307 e. The summed E-state index contributed by atoms with van der Waals surface area (Å²) in [6.07, 6.45) is 8.98. The first-order valence-electron chi connectivity index (χ1n) is 15.8. The molecule has 2 aliphatic rings. The van der Waals surface area contributed by atoms with E-state index < -0.39 is 0 Å². The standard InChI is InChI=1S/C39H38IN2/c1-21-10-13-26-28(16-21)22(2)33-36(31(26)20-39(3,4)40)42-32-9-7-6-8-27(32)35-30(29-18-23-11-12-24(29)17-23)19-25-14-15-41(5)37(33)34(25)38(35)42/h6-10,13-16,19,23-24,29H,11-12,17-18,20H2,1-5H3/q+1. The monoisotopic (exact) mass is 661 g/mol. The summed E-state index contributed by atoms with van der Waals surface area (Å²) in [5.41, 5.74) is 11.4. The number of benzene rings is 4. The second-order valence-corrected chi connectivity index (χ2v) is 17.3. The molecule has 210 valence electrons. The van der Waals surface area contributed by atoms with E-state index in [-0.39, 0.29) is 3.42 Å². The number of hydrogen-bond acceptors (Lipinski definition) is 0. The van der Waals surface area contributed by atoms with Gasteiger partial charge in [-0.3, -0.25) is 0 Å². The van der Waals surface area contributed by atoms with E-state index in [1.54, 1.807) is 5.56 Å². The quantitative estimate of drug-likeness (QED) is 0.0586. The molecule has 2 saturated carbocycles. The fraction of sp³-hybridized carbons (Fsp3) is 0.359. The molecule has 3 unspecified atom stereocenters. The van der Waals surface area contributed by atoms with Crippen LogP contribution in [0.15, 0.2) is 60.8 Å². The molecule has 3 atom stereocenters. The van der Waals surface area contributed by atoms with Crippen LogP contribution >= 0.6 is 22.6 Å². The third-order valence-electron chi connectivity index (χ3n) is 11.1. The summed E-state index contributed by atoms with van der Waals surface area (Å²) < 4.78 is 5.25. The van der Waals surface area contributed by atoms with Crippen LogP contribution in [0, 0.1) is 25.7 Å². The molecule has 2 bridgehead atoms. The highest BCUT2D eigenvalue weighted by Crippen LogP contribution is 2.56. The van der Waals surface area contributed by atoms with Crippen LogP contribution in [-0.4, -0.2) is 7.82 Å². The topological polar surface area (TPSA) is 8.29 Å². The van der Waals surface area contributed by atoms with Gasteiger partial charge in [0.1, 0.15) is 7.05 Å². The number of para-hydroxylation sites is 1. The van der Waals surface area contributed by atoms with Crippen molar-refractivity contribution in [2.75, 3.05) is 0 Å². The summed E-state index contributed by atoms with van der Waals surface area (Å²) in [5.74, 6) is 2.45. The van der Waals surface area contributed by atoms with Crippen LogP contribution in [0.25, 0.3) is 59.8 Å². The minimum absolute atomic E-state index is 0.125. The van der Waals surface area contributed by atoms with Crippen LogP contribution in [-0.2, 0) is 13.5 Å². The molecule has 2 nitrogen and oxygen atoms in total. The van der Waals surface area contributed by atoms with Crippen molar-refractivity contribution in [1.82, 2.24) is 4.40 Å². The fourth-order valence-electron chi connectivity index (χ4n) is 9.45. The SMILES string of the molecule is Cc1ccc2c(CC(C)(C)I)c3c(c(C)c2c1)c1c2c(cc[n+]1C)cc(C1CC4CCC1C4)c1c4ccccc4n3c12. The molecule has 0 radical (unpaired) electrons. The van der Waals surface area contributed by atoms with Crippen molar-refractivity contribution in [2.24, 2.45) is 18.9 Å². The molecule has 9 rings (SSSR count). The molecule has 0 N–H and O–H groups in total. The van der Waals surface area contributed by atoms with E-state index in [2.05, 4.69) is 127 Å². The molecule has 0 spiro atoms. The number of pyridine rings is 2. The summed E-state index contributed by atoms with van der Waals surface area (Å²) in [5, 5.41) is 10.0. The second kappa shape index (κ2) is 8.59. The van der Waals surface area contributed by atoms with Gasteiger partial charge in [-0.1, -0.05) is 84.8 Å². The Hall–Kier alpha value is -2.92. The van der Waals surface area contributed by atoms with Gasteiger partial charge < -0.3 is 4.40 Å². The van der Waals surface area contributed by atoms with E-state index in [4.69, 9.17) is 0 Å². The van der Waals surface area contributed by atoms with E-state index in [0.717, 1.165) is 18.3 Å². The summed E-state index contributed by atoms with van der Waals surface area (Å²) in [4.78, 5) is 0. The lowest BCUT2D eigenvalue weighted by Crippen LogP contribution is -2.29. The van der Waals surface area contributed by atoms with Crippen molar-refractivity contribution >= 4 is 82.4 Å². The van der Waals surface area contributed by atoms with Gasteiger partial charge in [0.15, 0.2) is 6.20 Å². The van der Waals surface area contributed by atoms with Gasteiger partial charge in [-0.05, 0) is 102 Å². The van der Waals surface area contributed by atoms with E-state index in [9.17, 15) is 0 Å². The molecule has 42 heavy (non-hydrogen) atoms. The van der Waals surface area contributed by atoms with Crippen molar-refractivity contribution in [3.8, 4) is 0 Å². The number of nitrogens with zero attached hydrogens (tertiary/aromatic N) is 2. The molecular formula is C39H38IN2+. The highest BCUT2D eigenvalue weighted by molar-refractivity contribution is 14.1. The van der Waals surface area contributed by atoms with Crippen LogP contribution in [0.2, 0.25) is 0 Å². The molecule has 3 heteroatoms. The van der Waals surface area contributed by atoms with Crippen LogP contribution in [0.1, 0.15) is 67.7 Å². The molecule has 0 saturated heterocycles. The largest absolute Gasteiger partial charge is 0.307 e. The van der Waals surface area contributed by atoms with Crippen molar-refractivity contribution < 1.29 is 4.57 Å². The number of rotatable bonds is 3. The summed E-state index contributed by atoms with van der Waals surface area (Å²) in [6.45, 7) is 9.37. The molecule has 0 aliphatic heterocycles. The second-order valence-electron chi connectivity index (χ2n) is 14.3. The van der Waals surface area contributed by atoms with Gasteiger partial charge in [0, 0.05) is 20.3 Å². The minimum atomic E-state index is 0.125. The normalized spacial score (nSPS) is 21.0. The Kier molecular flexibility index (Phi) is 5.23. The molecule has 2 fully saturated rings. The highest BCUT2D eigenvalue weighted by Gasteiger charge is 2.42. The first-order chi connectivity index (χ1) is 20.2. The van der Waals surface area contributed by atoms with Crippen LogP contribution in [0.3, 0.4) is 0 Å². The van der Waals surface area contributed by atoms with Crippen LogP contribution in [0.4, 0.5) is 0 Å². The van der Waals surface area contributed by atoms with Gasteiger partial charge >= 0.3 is 0 Å². The molecule has 0 amide bonds. The lowest BCUT2D eigenvalue weighted by atomic mass is 9.80. The van der Waals surface area contributed by atoms with Gasteiger partial charge in [0.25, 0.3) is 0 Å². The van der Waals surface area contributed by atoms with Crippen molar-refractivity contribution in [3.05, 3.63) is 83.0 Å². The average Bonchev–Trinajstić information content (AvgIpc) is 3.68. The fourth-order valence-corrected chi connectivity index (χ4v) is 9.83. The third-order valence-corrected chi connectivity index (χ3v) is 11.4. The lowest BCUT2D eigenvalue weighted by molar-refractivity contribution is -0.643. The Balaban J connectivity index is 1.61. The van der Waals surface area contributed by atoms with Crippen molar-refractivity contribution in [3.63, 3.8) is 0 Å². The maximum atomic E-state index is 2.72. The van der Waals surface area contributed by atoms with Gasteiger partial charge in [0.05, 0.1) is 27.3 Å². The zero-order chi connectivity index (χ0) is 28.7. The molecule has 3 heterocycles. The van der Waals surface area contributed by atoms with Crippen LogP contribution < -0.4 is 4.57 Å². The Bertz CT molecular complexity index is 2260. The van der Waals surface area contributed by atoms with Crippen molar-refractivity contribution in [2.45, 2.75) is 69.1 Å². The third kappa shape index (κ3) is 3.35. The summed E-state index contributed by atoms with van der Waals surface area (Å²) >= 11 is 2.66. The Labute approximate surface area is 261 Å². The number of alkyl halides is 1. The number of aromatic nitrogens is 2. The predicted octanol–water partition coefficient (Wildman–Crippen LogP) is 10.2. The highest BCUT2D eigenvalue weighted by atomic mass is 127. The lowest BCUT2D eigenvalue weighted by Gasteiger charge is -2.25. The summed E-state index contributed by atoms with van der Waals surface area (Å²) in [6, 6.07) is 21.4. The average molecular weight is 662 g/mol. The molecular weight excluding hydrogens is 623 g/mol. The van der Waals surface area contributed by atoms with E-state index in [1.807, 2.05) is 0 Å². The molecule has 2 aliphatic carbocycles. The zero-order valence-electron chi connectivity index (χ0n) is 25.3. The molecule has 7 aromatic rings. The van der Waals surface area contributed by atoms with Gasteiger partial charge in [-0.25, -0.2) is 4.57 Å². The zero-order valence-corrected chi connectivity index (χ0v) is 27.5. The maximum Gasteiger partial charge on any atom is 0.224 e. The first kappa shape index (κ1) is 25.6. The van der Waals surface area contributed by atoms with Crippen LogP contribution in [0.5, 0.6) is 0 Å². The van der Waals surface area contributed by atoms with Gasteiger partial charge in [0.2, 0.25) is 5.52 Å². The first-order valence-corrected chi connectivity index (χ1v) is 16.9. The Morgan fingerprint density at radius 3 is 2.48 bits per heavy atom. The number of hydrogen-bond donors (Lipinski definition) is 0. The number of halogens is 1. The van der Waals surface area contributed by atoms with Gasteiger partial charge in [-0.2, -0.15) is 0 Å². The van der Waals surface area contributed by atoms with E-state index in [0.29, 0.717) is 5.92 Å². The molecule has 3 aromatic heterocycles. The Morgan fingerprint density at radius 2 is 1.71 bits per heavy atom. The van der Waals surface area contributed by atoms with E-state index >= 15 is 0 Å². The van der Waals surface area contributed by atoms with E-state index in [1.165, 1.54) is 102 Å². The maximum absolute atomic E-state index is 2.72. The smallest absolute Gasteiger partial charge is 0.224 e. The Morgan fingerprint density at radius 1 is 0.881 bits per heavy atom. The molecule has 4 aromatic carbocycles. The van der Waals surface area contributed by atoms with Crippen molar-refractivity contribution in [1.29, 1.82) is 0 Å².